The van der Waals surface area contributed by atoms with Crippen LogP contribution in [0.3, 0.4) is 0 Å². The van der Waals surface area contributed by atoms with E-state index in [1.165, 1.54) is 18.2 Å². The molecule has 4 heteroatoms. The predicted octanol–water partition coefficient (Wildman–Crippen LogP) is 3.88. The highest BCUT2D eigenvalue weighted by Crippen LogP contribution is 2.28. The van der Waals surface area contributed by atoms with Crippen LogP contribution in [-0.4, -0.2) is 4.98 Å². The van der Waals surface area contributed by atoms with Gasteiger partial charge in [0.1, 0.15) is 11.6 Å². The molecule has 0 saturated heterocycles. The molecule has 1 nitrogen and oxygen atoms in total. The largest absolute Gasteiger partial charge is 0.261 e. The fourth-order valence-corrected chi connectivity index (χ4v) is 1.98. The van der Waals surface area contributed by atoms with Gasteiger partial charge in [-0.3, -0.25) is 4.98 Å². The summed E-state index contributed by atoms with van der Waals surface area (Å²) in [7, 11) is 0. The van der Waals surface area contributed by atoms with Crippen molar-refractivity contribution in [2.75, 3.05) is 0 Å². The Morgan fingerprint density at radius 2 is 1.76 bits per heavy atom. The maximum atomic E-state index is 13.5. The van der Waals surface area contributed by atoms with Gasteiger partial charge in [-0.2, -0.15) is 0 Å². The molecule has 1 unspecified atom stereocenters. The molecule has 2 aromatic rings. The van der Waals surface area contributed by atoms with E-state index < -0.39 is 17.0 Å². The van der Waals surface area contributed by atoms with E-state index in [1.54, 1.807) is 18.3 Å². The highest BCUT2D eigenvalue weighted by Gasteiger charge is 2.18. The van der Waals surface area contributed by atoms with E-state index in [0.29, 0.717) is 12.1 Å². The second-order valence-corrected chi connectivity index (χ2v) is 4.15. The van der Waals surface area contributed by atoms with Gasteiger partial charge < -0.3 is 0 Å². The average Bonchev–Trinajstić information content (AvgIpc) is 2.30. The highest BCUT2D eigenvalue weighted by molar-refractivity contribution is 6.20. The summed E-state index contributed by atoms with van der Waals surface area (Å²) in [6, 6.07) is 9.07. The summed E-state index contributed by atoms with van der Waals surface area (Å²) in [6.45, 7) is 0. The summed E-state index contributed by atoms with van der Waals surface area (Å²) >= 11 is 6.03. The molecule has 0 aliphatic rings. The summed E-state index contributed by atoms with van der Waals surface area (Å²) in [4.78, 5) is 4.07. The molecule has 0 amide bonds. The predicted molar refractivity (Wildman–Crippen MR) is 62.9 cm³/mol. The van der Waals surface area contributed by atoms with Gasteiger partial charge >= 0.3 is 0 Å². The minimum Gasteiger partial charge on any atom is -0.261 e. The fourth-order valence-electron chi connectivity index (χ4n) is 1.61. The first-order valence-electron chi connectivity index (χ1n) is 5.16. The van der Waals surface area contributed by atoms with Gasteiger partial charge in [-0.1, -0.05) is 12.1 Å². The molecular formula is C13H10ClF2N. The Balaban J connectivity index is 2.23. The summed E-state index contributed by atoms with van der Waals surface area (Å²) < 4.78 is 26.9. The Morgan fingerprint density at radius 1 is 1.06 bits per heavy atom. The molecule has 1 atom stereocenters. The summed E-state index contributed by atoms with van der Waals surface area (Å²) in [5, 5.41) is -0.758. The topological polar surface area (TPSA) is 12.9 Å². The third-order valence-corrected chi connectivity index (χ3v) is 2.80. The molecule has 0 aliphatic carbocycles. The number of alkyl halides is 1. The smallest absolute Gasteiger partial charge is 0.130 e. The molecule has 0 aliphatic heterocycles. The van der Waals surface area contributed by atoms with E-state index in [1.807, 2.05) is 6.07 Å². The number of rotatable bonds is 3. The molecule has 88 valence electrons. The van der Waals surface area contributed by atoms with Crippen LogP contribution in [0, 0.1) is 11.6 Å². The Bertz CT molecular complexity index is 482. The molecule has 1 heterocycles. The van der Waals surface area contributed by atoms with Crippen LogP contribution < -0.4 is 0 Å². The summed E-state index contributed by atoms with van der Waals surface area (Å²) in [5.41, 5.74) is 0.606. The first-order chi connectivity index (χ1) is 8.18. The van der Waals surface area contributed by atoms with E-state index >= 15 is 0 Å². The lowest BCUT2D eigenvalue weighted by Crippen LogP contribution is -2.03. The minimum atomic E-state index is -0.758. The highest BCUT2D eigenvalue weighted by atomic mass is 35.5. The third-order valence-electron chi connectivity index (χ3n) is 2.43. The van der Waals surface area contributed by atoms with Crippen LogP contribution in [-0.2, 0) is 6.42 Å². The molecule has 1 aromatic carbocycles. The van der Waals surface area contributed by atoms with Gasteiger partial charge in [-0.25, -0.2) is 8.78 Å². The zero-order chi connectivity index (χ0) is 12.3. The van der Waals surface area contributed by atoms with E-state index in [4.69, 9.17) is 11.6 Å². The Hall–Kier alpha value is -1.48. The molecule has 0 radical (unpaired) electrons. The second kappa shape index (κ2) is 5.23. The SMILES string of the molecule is Fc1cccc(F)c1C(Cl)Cc1ccccn1. The molecule has 0 N–H and O–H groups in total. The number of aromatic nitrogens is 1. The van der Waals surface area contributed by atoms with E-state index in [2.05, 4.69) is 4.98 Å². The molecule has 17 heavy (non-hydrogen) atoms. The van der Waals surface area contributed by atoms with Crippen LogP contribution in [0.15, 0.2) is 42.6 Å². The maximum absolute atomic E-state index is 13.5. The Kier molecular flexibility index (Phi) is 3.69. The van der Waals surface area contributed by atoms with Crippen LogP contribution in [0.4, 0.5) is 8.78 Å². The normalized spacial score (nSPS) is 12.4. The molecular weight excluding hydrogens is 244 g/mol. The van der Waals surface area contributed by atoms with Crippen LogP contribution >= 0.6 is 11.6 Å². The monoisotopic (exact) mass is 253 g/mol. The third kappa shape index (κ3) is 2.80. The van der Waals surface area contributed by atoms with Crippen molar-refractivity contribution in [1.29, 1.82) is 0 Å². The summed E-state index contributed by atoms with van der Waals surface area (Å²) in [5.74, 6) is -1.25. The van der Waals surface area contributed by atoms with Gasteiger partial charge in [0.25, 0.3) is 0 Å². The van der Waals surface area contributed by atoms with Crippen molar-refractivity contribution in [3.63, 3.8) is 0 Å². The van der Waals surface area contributed by atoms with Crippen molar-refractivity contribution < 1.29 is 8.78 Å². The molecule has 1 aromatic heterocycles. The van der Waals surface area contributed by atoms with Gasteiger partial charge in [-0.05, 0) is 24.3 Å². The van der Waals surface area contributed by atoms with Crippen LogP contribution in [0.2, 0.25) is 0 Å². The fraction of sp³-hybridized carbons (Fsp3) is 0.154. The molecule has 0 fully saturated rings. The van der Waals surface area contributed by atoms with Crippen molar-refractivity contribution >= 4 is 11.6 Å². The lowest BCUT2D eigenvalue weighted by Gasteiger charge is -2.11. The number of benzene rings is 1. The van der Waals surface area contributed by atoms with Crippen molar-refractivity contribution in [2.45, 2.75) is 11.8 Å². The molecule has 0 bridgehead atoms. The average molecular weight is 254 g/mol. The van der Waals surface area contributed by atoms with Gasteiger partial charge in [0.05, 0.1) is 5.38 Å². The minimum absolute atomic E-state index is 0.0974. The van der Waals surface area contributed by atoms with E-state index in [9.17, 15) is 8.78 Å². The molecule has 2 rings (SSSR count). The van der Waals surface area contributed by atoms with Crippen molar-refractivity contribution in [3.8, 4) is 0 Å². The number of nitrogens with zero attached hydrogens (tertiary/aromatic N) is 1. The zero-order valence-corrected chi connectivity index (χ0v) is 9.66. The molecule has 0 saturated carbocycles. The van der Waals surface area contributed by atoms with Crippen LogP contribution in [0.1, 0.15) is 16.6 Å². The van der Waals surface area contributed by atoms with Gasteiger partial charge in [0, 0.05) is 23.9 Å². The molecule has 0 spiro atoms. The zero-order valence-electron chi connectivity index (χ0n) is 8.91. The van der Waals surface area contributed by atoms with E-state index in [-0.39, 0.29) is 5.56 Å². The van der Waals surface area contributed by atoms with Crippen LogP contribution in [0.25, 0.3) is 0 Å². The standard InChI is InChI=1S/C13H10ClF2N/c14-10(8-9-4-1-2-7-17-9)13-11(15)5-3-6-12(13)16/h1-7,10H,8H2. The van der Waals surface area contributed by atoms with Crippen molar-refractivity contribution in [2.24, 2.45) is 0 Å². The first kappa shape index (κ1) is 12.0. The van der Waals surface area contributed by atoms with Crippen molar-refractivity contribution in [3.05, 3.63) is 65.5 Å². The van der Waals surface area contributed by atoms with Gasteiger partial charge in [0.2, 0.25) is 0 Å². The number of hydrogen-bond acceptors (Lipinski definition) is 1. The van der Waals surface area contributed by atoms with E-state index in [0.717, 1.165) is 0 Å². The Labute approximate surface area is 103 Å². The van der Waals surface area contributed by atoms with Crippen molar-refractivity contribution in [1.82, 2.24) is 4.98 Å². The van der Waals surface area contributed by atoms with Gasteiger partial charge in [0.15, 0.2) is 0 Å². The lowest BCUT2D eigenvalue weighted by molar-refractivity contribution is 0.550. The first-order valence-corrected chi connectivity index (χ1v) is 5.60. The Morgan fingerprint density at radius 3 is 2.35 bits per heavy atom. The quantitative estimate of drug-likeness (QED) is 0.757. The lowest BCUT2D eigenvalue weighted by atomic mass is 10.1. The summed E-state index contributed by atoms with van der Waals surface area (Å²) in [6.07, 6.45) is 1.91. The number of halogens is 3. The number of pyridine rings is 1. The number of hydrogen-bond donors (Lipinski definition) is 0. The second-order valence-electron chi connectivity index (χ2n) is 3.63. The maximum Gasteiger partial charge on any atom is 0.130 e. The van der Waals surface area contributed by atoms with Gasteiger partial charge in [-0.15, -0.1) is 11.6 Å². The van der Waals surface area contributed by atoms with Crippen LogP contribution in [0.5, 0.6) is 0 Å².